The molecule has 1 saturated carbocycles. The Morgan fingerprint density at radius 2 is 1.81 bits per heavy atom. The first kappa shape index (κ1) is 16.2. The summed E-state index contributed by atoms with van der Waals surface area (Å²) < 4.78 is 0. The molecule has 0 unspecified atom stereocenters. The third-order valence-corrected chi connectivity index (χ3v) is 4.89. The lowest BCUT2D eigenvalue weighted by Gasteiger charge is -2.34. The molecule has 0 heterocycles. The molecule has 2 N–H and O–H groups in total. The Kier molecular flexibility index (Phi) is 5.59. The van der Waals surface area contributed by atoms with E-state index in [-0.39, 0.29) is 16.0 Å². The molecule has 1 aliphatic carbocycles. The second kappa shape index (κ2) is 7.23. The third-order valence-electron chi connectivity index (χ3n) is 4.66. The van der Waals surface area contributed by atoms with Crippen LogP contribution in [0.25, 0.3) is 0 Å². The van der Waals surface area contributed by atoms with E-state index in [1.165, 1.54) is 38.2 Å². The van der Waals surface area contributed by atoms with Crippen molar-refractivity contribution in [3.8, 4) is 0 Å². The Bertz CT molecular complexity index is 497. The zero-order valence-corrected chi connectivity index (χ0v) is 13.1. The fraction of sp³-hybridized carbons (Fsp3) is 0.625. The van der Waals surface area contributed by atoms with Gasteiger partial charge in [0.05, 0.1) is 4.92 Å². The van der Waals surface area contributed by atoms with Gasteiger partial charge in [0.25, 0.3) is 5.69 Å². The van der Waals surface area contributed by atoms with Crippen molar-refractivity contribution in [2.24, 2.45) is 11.1 Å². The van der Waals surface area contributed by atoms with Crippen LogP contribution in [0, 0.1) is 15.5 Å². The highest BCUT2D eigenvalue weighted by atomic mass is 35.5. The lowest BCUT2D eigenvalue weighted by atomic mass is 9.72. The summed E-state index contributed by atoms with van der Waals surface area (Å²) in [5, 5.41) is 11.7. The molecule has 1 aromatic rings. The lowest BCUT2D eigenvalue weighted by molar-refractivity contribution is -0.385. The summed E-state index contributed by atoms with van der Waals surface area (Å²) in [6.07, 6.45) is 8.90. The Labute approximate surface area is 130 Å². The highest BCUT2D eigenvalue weighted by Crippen LogP contribution is 2.38. The van der Waals surface area contributed by atoms with E-state index in [2.05, 4.69) is 0 Å². The summed E-state index contributed by atoms with van der Waals surface area (Å²) in [4.78, 5) is 10.9. The molecular formula is C16H23ClN2O2. The van der Waals surface area contributed by atoms with Crippen molar-refractivity contribution in [2.75, 3.05) is 6.54 Å². The Balaban J connectivity index is 2.26. The van der Waals surface area contributed by atoms with E-state index in [0.29, 0.717) is 18.0 Å². The third kappa shape index (κ3) is 4.17. The van der Waals surface area contributed by atoms with Gasteiger partial charge in [0, 0.05) is 16.7 Å². The minimum atomic E-state index is -0.339. The predicted molar refractivity (Wildman–Crippen MR) is 85.6 cm³/mol. The molecule has 0 atom stereocenters. The highest BCUT2D eigenvalue weighted by molar-refractivity contribution is 6.30. The fourth-order valence-electron chi connectivity index (χ4n) is 3.37. The zero-order chi connectivity index (χ0) is 15.3. The first-order valence-electron chi connectivity index (χ1n) is 7.69. The monoisotopic (exact) mass is 310 g/mol. The summed E-state index contributed by atoms with van der Waals surface area (Å²) in [6, 6.07) is 4.97. The molecule has 0 saturated heterocycles. The van der Waals surface area contributed by atoms with Crippen LogP contribution in [0.5, 0.6) is 0 Å². The first-order chi connectivity index (χ1) is 10.1. The van der Waals surface area contributed by atoms with Crippen molar-refractivity contribution in [2.45, 2.75) is 51.4 Å². The molecule has 1 aliphatic rings. The minimum absolute atomic E-state index is 0.000983. The van der Waals surface area contributed by atoms with E-state index in [1.54, 1.807) is 12.1 Å². The molecule has 1 aromatic carbocycles. The number of rotatable bonds is 4. The molecule has 0 aromatic heterocycles. The van der Waals surface area contributed by atoms with Gasteiger partial charge in [-0.25, -0.2) is 0 Å². The molecule has 1 fully saturated rings. The first-order valence-corrected chi connectivity index (χ1v) is 8.07. The van der Waals surface area contributed by atoms with Crippen LogP contribution in [0.4, 0.5) is 5.69 Å². The number of benzene rings is 1. The number of nitrogens with two attached hydrogens (primary N) is 1. The van der Waals surface area contributed by atoms with Crippen LogP contribution >= 0.6 is 11.6 Å². The van der Waals surface area contributed by atoms with Crippen LogP contribution in [-0.2, 0) is 6.42 Å². The second-order valence-corrected chi connectivity index (χ2v) is 6.62. The van der Waals surface area contributed by atoms with Gasteiger partial charge < -0.3 is 5.73 Å². The van der Waals surface area contributed by atoms with E-state index in [4.69, 9.17) is 17.3 Å². The number of hydrogen-bond donors (Lipinski definition) is 1. The maximum Gasteiger partial charge on any atom is 0.274 e. The normalized spacial score (nSPS) is 18.8. The largest absolute Gasteiger partial charge is 0.330 e. The summed E-state index contributed by atoms with van der Waals surface area (Å²) in [6.45, 7) is 0.590. The van der Waals surface area contributed by atoms with Gasteiger partial charge in [-0.05, 0) is 37.3 Å². The van der Waals surface area contributed by atoms with Crippen LogP contribution in [0.3, 0.4) is 0 Å². The van der Waals surface area contributed by atoms with Gasteiger partial charge in [0.2, 0.25) is 0 Å². The number of hydrogen-bond acceptors (Lipinski definition) is 3. The Morgan fingerprint density at radius 3 is 2.38 bits per heavy atom. The van der Waals surface area contributed by atoms with Gasteiger partial charge in [-0.15, -0.1) is 0 Å². The van der Waals surface area contributed by atoms with Crippen LogP contribution in [0.2, 0.25) is 5.02 Å². The molecule has 0 radical (unpaired) electrons. The van der Waals surface area contributed by atoms with Crippen molar-refractivity contribution in [3.63, 3.8) is 0 Å². The predicted octanol–water partition coefficient (Wildman–Crippen LogP) is 4.48. The molecule has 4 nitrogen and oxygen atoms in total. The van der Waals surface area contributed by atoms with Crippen molar-refractivity contribution >= 4 is 17.3 Å². The summed E-state index contributed by atoms with van der Waals surface area (Å²) in [5.41, 5.74) is 6.95. The number of nitro groups is 1. The van der Waals surface area contributed by atoms with Crippen molar-refractivity contribution < 1.29 is 4.92 Å². The highest BCUT2D eigenvalue weighted by Gasteiger charge is 2.31. The van der Waals surface area contributed by atoms with E-state index >= 15 is 0 Å². The van der Waals surface area contributed by atoms with Crippen LogP contribution < -0.4 is 5.73 Å². The van der Waals surface area contributed by atoms with Crippen molar-refractivity contribution in [1.82, 2.24) is 0 Å². The van der Waals surface area contributed by atoms with Gasteiger partial charge in [-0.3, -0.25) is 10.1 Å². The maximum absolute atomic E-state index is 11.2. The van der Waals surface area contributed by atoms with E-state index < -0.39 is 0 Å². The molecule has 0 spiro atoms. The average molecular weight is 311 g/mol. The van der Waals surface area contributed by atoms with E-state index in [1.807, 2.05) is 0 Å². The van der Waals surface area contributed by atoms with Crippen molar-refractivity contribution in [1.29, 1.82) is 0 Å². The van der Waals surface area contributed by atoms with Gasteiger partial charge in [0.15, 0.2) is 0 Å². The molecular weight excluding hydrogens is 288 g/mol. The SMILES string of the molecule is NCC1(Cc2ccc(Cl)cc2[N+](=O)[O-])CCCCCCC1. The molecule has 5 heteroatoms. The number of nitro benzene ring substituents is 1. The van der Waals surface area contributed by atoms with Crippen molar-refractivity contribution in [3.05, 3.63) is 38.9 Å². The smallest absolute Gasteiger partial charge is 0.274 e. The zero-order valence-electron chi connectivity index (χ0n) is 12.3. The van der Waals surface area contributed by atoms with Gasteiger partial charge in [0.1, 0.15) is 0 Å². The molecule has 116 valence electrons. The minimum Gasteiger partial charge on any atom is -0.330 e. The van der Waals surface area contributed by atoms with Gasteiger partial charge in [-0.2, -0.15) is 0 Å². The average Bonchev–Trinajstić information content (AvgIpc) is 2.43. The van der Waals surface area contributed by atoms with Crippen LogP contribution in [0.15, 0.2) is 18.2 Å². The Hall–Kier alpha value is -1.13. The summed E-state index contributed by atoms with van der Waals surface area (Å²) >= 11 is 5.89. The summed E-state index contributed by atoms with van der Waals surface area (Å²) in [7, 11) is 0. The standard InChI is InChI=1S/C16H23ClN2O2/c17-14-7-6-13(15(10-14)19(20)21)11-16(12-18)8-4-2-1-3-5-9-16/h6-7,10H,1-5,8-9,11-12,18H2. The number of halogens is 1. The van der Waals surface area contributed by atoms with Crippen LogP contribution in [-0.4, -0.2) is 11.5 Å². The van der Waals surface area contributed by atoms with E-state index in [9.17, 15) is 10.1 Å². The number of nitrogens with zero attached hydrogens (tertiary/aromatic N) is 1. The second-order valence-electron chi connectivity index (χ2n) is 6.18. The van der Waals surface area contributed by atoms with Gasteiger partial charge in [-0.1, -0.05) is 49.8 Å². The maximum atomic E-state index is 11.2. The molecule has 0 aliphatic heterocycles. The Morgan fingerprint density at radius 1 is 1.19 bits per heavy atom. The quantitative estimate of drug-likeness (QED) is 0.658. The molecule has 0 bridgehead atoms. The fourth-order valence-corrected chi connectivity index (χ4v) is 3.54. The molecule has 2 rings (SSSR count). The summed E-state index contributed by atoms with van der Waals surface area (Å²) in [5.74, 6) is 0. The lowest BCUT2D eigenvalue weighted by Crippen LogP contribution is -2.33. The van der Waals surface area contributed by atoms with E-state index in [0.717, 1.165) is 18.4 Å². The molecule has 0 amide bonds. The molecule has 21 heavy (non-hydrogen) atoms. The topological polar surface area (TPSA) is 69.2 Å². The van der Waals surface area contributed by atoms with Crippen LogP contribution in [0.1, 0.15) is 50.5 Å². The van der Waals surface area contributed by atoms with Gasteiger partial charge >= 0.3 is 0 Å².